The Morgan fingerprint density at radius 3 is 2.40 bits per heavy atom. The Hall–Kier alpha value is -1.55. The van der Waals surface area contributed by atoms with Gasteiger partial charge in [-0.3, -0.25) is 5.01 Å². The monoisotopic (exact) mass is 376 g/mol. The first-order valence-corrected chi connectivity index (χ1v) is 9.41. The maximum Gasteiger partial charge on any atom is 0.103 e. The van der Waals surface area contributed by atoms with Crippen LogP contribution < -0.4 is 4.90 Å². The average molecular weight is 377 g/mol. The van der Waals surface area contributed by atoms with Crippen molar-refractivity contribution in [1.29, 1.82) is 0 Å². The smallest absolute Gasteiger partial charge is 0.103 e. The summed E-state index contributed by atoms with van der Waals surface area (Å²) in [6.07, 6.45) is 0. The van der Waals surface area contributed by atoms with Crippen molar-refractivity contribution in [1.82, 2.24) is 5.01 Å². The van der Waals surface area contributed by atoms with Crippen LogP contribution in [0.2, 0.25) is 10.0 Å². The fourth-order valence-corrected chi connectivity index (χ4v) is 3.68. The molecule has 1 fully saturated rings. The minimum absolute atomic E-state index is 0.648. The van der Waals surface area contributed by atoms with Crippen LogP contribution in [0.1, 0.15) is 23.6 Å². The zero-order chi connectivity index (χ0) is 17.8. The molecule has 132 valence electrons. The topological polar surface area (TPSA) is 20.0 Å². The second-order valence-corrected chi connectivity index (χ2v) is 7.52. The number of nitrogens with one attached hydrogen (secondary N) is 1. The summed E-state index contributed by atoms with van der Waals surface area (Å²) < 4.78 is 0. The Kier molecular flexibility index (Phi) is 6.00. The van der Waals surface area contributed by atoms with E-state index in [2.05, 4.69) is 36.2 Å². The van der Waals surface area contributed by atoms with Gasteiger partial charge in [0.05, 0.1) is 36.9 Å². The Morgan fingerprint density at radius 2 is 1.76 bits per heavy atom. The van der Waals surface area contributed by atoms with Crippen molar-refractivity contribution in [3.05, 3.63) is 69.2 Å². The van der Waals surface area contributed by atoms with Crippen LogP contribution in [-0.4, -0.2) is 36.9 Å². The molecule has 0 saturated carbocycles. The van der Waals surface area contributed by atoms with Gasteiger partial charge in [0, 0.05) is 16.1 Å². The van der Waals surface area contributed by atoms with Gasteiger partial charge in [-0.1, -0.05) is 59.1 Å². The maximum atomic E-state index is 6.28. The summed E-state index contributed by atoms with van der Waals surface area (Å²) in [6.45, 7) is 9.33. The molecule has 3 rings (SSSR count). The highest BCUT2D eigenvalue weighted by atomic mass is 35.5. The molecular formula is C20H24Cl2N3+. The van der Waals surface area contributed by atoms with E-state index in [0.717, 1.165) is 44.0 Å². The van der Waals surface area contributed by atoms with Crippen molar-refractivity contribution in [2.24, 2.45) is 5.10 Å². The third kappa shape index (κ3) is 4.97. The molecule has 1 N–H and O–H groups in total. The lowest BCUT2D eigenvalue weighted by Gasteiger charge is -2.31. The molecule has 3 nitrogen and oxygen atoms in total. The van der Waals surface area contributed by atoms with Crippen molar-refractivity contribution in [3.63, 3.8) is 0 Å². The number of piperazine rings is 1. The lowest BCUT2D eigenvalue weighted by Crippen LogP contribution is -3.13. The first-order valence-electron chi connectivity index (χ1n) is 8.66. The van der Waals surface area contributed by atoms with Crippen LogP contribution in [0.15, 0.2) is 47.6 Å². The van der Waals surface area contributed by atoms with Crippen molar-refractivity contribution in [3.8, 4) is 0 Å². The molecule has 5 heteroatoms. The summed E-state index contributed by atoms with van der Waals surface area (Å²) >= 11 is 12.2. The van der Waals surface area contributed by atoms with Gasteiger partial charge in [-0.2, -0.15) is 5.10 Å². The number of nitrogens with zero attached hydrogens (tertiary/aromatic N) is 2. The molecular weight excluding hydrogens is 353 g/mol. The van der Waals surface area contributed by atoms with E-state index in [1.54, 1.807) is 11.0 Å². The van der Waals surface area contributed by atoms with Gasteiger partial charge in [-0.05, 0) is 26.0 Å². The number of rotatable bonds is 4. The van der Waals surface area contributed by atoms with Crippen LogP contribution in [0.25, 0.3) is 0 Å². The van der Waals surface area contributed by atoms with Crippen molar-refractivity contribution in [2.75, 3.05) is 26.2 Å². The van der Waals surface area contributed by atoms with Gasteiger partial charge in [0.15, 0.2) is 0 Å². The molecule has 0 spiro atoms. The van der Waals surface area contributed by atoms with E-state index in [4.69, 9.17) is 28.3 Å². The molecule has 1 saturated heterocycles. The predicted octanol–water partition coefficient (Wildman–Crippen LogP) is 3.43. The van der Waals surface area contributed by atoms with E-state index in [1.807, 2.05) is 19.1 Å². The number of hydrogen-bond donors (Lipinski definition) is 1. The highest BCUT2D eigenvalue weighted by Crippen LogP contribution is 2.21. The van der Waals surface area contributed by atoms with Crippen LogP contribution >= 0.6 is 23.2 Å². The molecule has 0 unspecified atom stereocenters. The largest absolute Gasteiger partial charge is 0.328 e. The number of hydrazone groups is 1. The molecule has 2 aromatic carbocycles. The number of benzene rings is 2. The van der Waals surface area contributed by atoms with Gasteiger partial charge < -0.3 is 4.90 Å². The van der Waals surface area contributed by atoms with E-state index in [0.29, 0.717) is 10.0 Å². The van der Waals surface area contributed by atoms with E-state index in [-0.39, 0.29) is 0 Å². The van der Waals surface area contributed by atoms with Crippen molar-refractivity contribution < 1.29 is 4.90 Å². The zero-order valence-corrected chi connectivity index (χ0v) is 16.2. The van der Waals surface area contributed by atoms with E-state index < -0.39 is 0 Å². The molecule has 0 aromatic heterocycles. The molecule has 0 aliphatic carbocycles. The van der Waals surface area contributed by atoms with Crippen LogP contribution in [0.4, 0.5) is 0 Å². The molecule has 1 heterocycles. The Balaban J connectivity index is 1.57. The van der Waals surface area contributed by atoms with Gasteiger partial charge in [0.2, 0.25) is 0 Å². The molecule has 1 aliphatic heterocycles. The van der Waals surface area contributed by atoms with E-state index >= 15 is 0 Å². The summed E-state index contributed by atoms with van der Waals surface area (Å²) in [7, 11) is 0. The number of quaternary nitrogens is 1. The average Bonchev–Trinajstić information content (AvgIpc) is 2.58. The zero-order valence-electron chi connectivity index (χ0n) is 14.7. The first kappa shape index (κ1) is 18.2. The number of aryl methyl sites for hydroxylation is 1. The summed E-state index contributed by atoms with van der Waals surface area (Å²) in [5.41, 5.74) is 4.60. The minimum atomic E-state index is 0.648. The van der Waals surface area contributed by atoms with Crippen LogP contribution in [0.5, 0.6) is 0 Å². The molecule has 0 atom stereocenters. The molecule has 0 bridgehead atoms. The third-order valence-corrected chi connectivity index (χ3v) is 5.18. The Bertz CT molecular complexity index is 748. The van der Waals surface area contributed by atoms with Gasteiger partial charge in [-0.25, -0.2) is 0 Å². The van der Waals surface area contributed by atoms with Crippen molar-refractivity contribution >= 4 is 28.9 Å². The Labute approximate surface area is 159 Å². The van der Waals surface area contributed by atoms with Crippen LogP contribution in [0.3, 0.4) is 0 Å². The summed E-state index contributed by atoms with van der Waals surface area (Å²) in [5, 5.41) is 8.21. The molecule has 0 radical (unpaired) electrons. The molecule has 1 aliphatic rings. The second kappa shape index (κ2) is 8.22. The van der Waals surface area contributed by atoms with Gasteiger partial charge in [-0.15, -0.1) is 0 Å². The van der Waals surface area contributed by atoms with Gasteiger partial charge in [0.25, 0.3) is 0 Å². The fourth-order valence-electron chi connectivity index (χ4n) is 3.13. The second-order valence-electron chi connectivity index (χ2n) is 6.68. The van der Waals surface area contributed by atoms with Gasteiger partial charge in [0.1, 0.15) is 6.54 Å². The normalized spacial score (nSPS) is 16.3. The van der Waals surface area contributed by atoms with E-state index in [1.165, 1.54) is 11.1 Å². The highest BCUT2D eigenvalue weighted by molar-refractivity contribution is 6.36. The highest BCUT2D eigenvalue weighted by Gasteiger charge is 2.19. The lowest BCUT2D eigenvalue weighted by atomic mass is 10.1. The summed E-state index contributed by atoms with van der Waals surface area (Å²) in [6, 6.07) is 14.4. The standard InChI is InChI=1S/C20H23Cl2N3/c1-15-3-5-17(6-4-15)14-24-9-11-25(12-10-24)23-16(2)19-8-7-18(21)13-20(19)22/h3-8,13H,9-12,14H2,1-2H3/p+1/b23-16-. The maximum absolute atomic E-state index is 6.28. The minimum Gasteiger partial charge on any atom is -0.328 e. The molecule has 25 heavy (non-hydrogen) atoms. The summed E-state index contributed by atoms with van der Waals surface area (Å²) in [5.74, 6) is 0. The van der Waals surface area contributed by atoms with E-state index in [9.17, 15) is 0 Å². The van der Waals surface area contributed by atoms with Crippen LogP contribution in [-0.2, 0) is 6.54 Å². The summed E-state index contributed by atoms with van der Waals surface area (Å²) in [4.78, 5) is 1.61. The number of halogens is 2. The molecule has 0 amide bonds. The first-order chi connectivity index (χ1) is 12.0. The predicted molar refractivity (Wildman–Crippen MR) is 106 cm³/mol. The quantitative estimate of drug-likeness (QED) is 0.810. The lowest BCUT2D eigenvalue weighted by molar-refractivity contribution is -0.918. The van der Waals surface area contributed by atoms with Crippen LogP contribution in [0, 0.1) is 6.92 Å². The number of hydrogen-bond acceptors (Lipinski definition) is 2. The third-order valence-electron chi connectivity index (χ3n) is 4.63. The Morgan fingerprint density at radius 1 is 1.08 bits per heavy atom. The SMILES string of the molecule is C/C(=N/N1CC[NH+](Cc2ccc(C)cc2)CC1)c1ccc(Cl)cc1Cl. The molecule has 2 aromatic rings. The van der Waals surface area contributed by atoms with Gasteiger partial charge >= 0.3 is 0 Å². The van der Waals surface area contributed by atoms with Crippen molar-refractivity contribution in [2.45, 2.75) is 20.4 Å². The fraction of sp³-hybridized carbons (Fsp3) is 0.350.